The molecule has 2 heterocycles. The third-order valence-corrected chi connectivity index (χ3v) is 5.14. The van der Waals surface area contributed by atoms with Gasteiger partial charge < -0.3 is 9.64 Å². The van der Waals surface area contributed by atoms with Crippen LogP contribution in [0, 0.1) is 12.8 Å². The van der Waals surface area contributed by atoms with Gasteiger partial charge in [-0.05, 0) is 45.4 Å². The Morgan fingerprint density at radius 3 is 2.77 bits per heavy atom. The Kier molecular flexibility index (Phi) is 4.46. The summed E-state index contributed by atoms with van der Waals surface area (Å²) in [4.78, 5) is 14.6. The van der Waals surface area contributed by atoms with Crippen molar-refractivity contribution in [3.8, 4) is 0 Å². The molecule has 1 amide bonds. The Morgan fingerprint density at radius 2 is 2.18 bits per heavy atom. The van der Waals surface area contributed by atoms with Gasteiger partial charge in [0.1, 0.15) is 11.3 Å². The SMILES string of the molecule is Cc1nn(C)c(Cl)c1[C@@H]1CCCN1C(=O)[C@H](C)OCC1CC1. The maximum absolute atomic E-state index is 12.7. The van der Waals surface area contributed by atoms with Crippen LogP contribution < -0.4 is 0 Å². The zero-order chi connectivity index (χ0) is 15.9. The van der Waals surface area contributed by atoms with Gasteiger partial charge in [-0.15, -0.1) is 0 Å². The number of carbonyl (C=O) groups excluding carboxylic acids is 1. The minimum absolute atomic E-state index is 0.0284. The first-order valence-corrected chi connectivity index (χ1v) is 8.48. The highest BCUT2D eigenvalue weighted by molar-refractivity contribution is 6.30. The van der Waals surface area contributed by atoms with Gasteiger partial charge in [-0.25, -0.2) is 0 Å². The fraction of sp³-hybridized carbons (Fsp3) is 0.750. The van der Waals surface area contributed by atoms with Gasteiger partial charge in [0.25, 0.3) is 5.91 Å². The molecule has 1 saturated heterocycles. The molecule has 6 heteroatoms. The number of carbonyl (C=O) groups is 1. The van der Waals surface area contributed by atoms with Crippen molar-refractivity contribution in [2.75, 3.05) is 13.2 Å². The fourth-order valence-electron chi connectivity index (χ4n) is 3.23. The molecule has 1 aliphatic carbocycles. The van der Waals surface area contributed by atoms with Gasteiger partial charge in [0, 0.05) is 19.2 Å². The number of rotatable bonds is 5. The minimum atomic E-state index is -0.378. The highest BCUT2D eigenvalue weighted by Gasteiger charge is 2.36. The van der Waals surface area contributed by atoms with E-state index < -0.39 is 0 Å². The molecule has 0 spiro atoms. The van der Waals surface area contributed by atoms with Gasteiger partial charge in [0.2, 0.25) is 0 Å². The van der Waals surface area contributed by atoms with Gasteiger partial charge in [0.05, 0.1) is 18.3 Å². The lowest BCUT2D eigenvalue weighted by Gasteiger charge is -2.27. The Morgan fingerprint density at radius 1 is 1.45 bits per heavy atom. The predicted octanol–water partition coefficient (Wildman–Crippen LogP) is 2.86. The summed E-state index contributed by atoms with van der Waals surface area (Å²) in [5, 5.41) is 5.01. The molecule has 2 fully saturated rings. The quantitative estimate of drug-likeness (QED) is 0.836. The Labute approximate surface area is 136 Å². The van der Waals surface area contributed by atoms with Crippen LogP contribution in [0.2, 0.25) is 5.15 Å². The first-order chi connectivity index (χ1) is 10.5. The summed E-state index contributed by atoms with van der Waals surface area (Å²) in [7, 11) is 1.83. The van der Waals surface area contributed by atoms with Crippen LogP contribution in [0.5, 0.6) is 0 Å². The lowest BCUT2D eigenvalue weighted by atomic mass is 10.1. The van der Waals surface area contributed by atoms with Gasteiger partial charge in [0.15, 0.2) is 0 Å². The van der Waals surface area contributed by atoms with Gasteiger partial charge in [-0.3, -0.25) is 9.48 Å². The molecule has 1 aliphatic heterocycles. The van der Waals surface area contributed by atoms with Crippen molar-refractivity contribution in [1.82, 2.24) is 14.7 Å². The number of ether oxygens (including phenoxy) is 1. The fourth-order valence-corrected chi connectivity index (χ4v) is 3.53. The smallest absolute Gasteiger partial charge is 0.251 e. The van der Waals surface area contributed by atoms with Crippen molar-refractivity contribution < 1.29 is 9.53 Å². The number of aryl methyl sites for hydroxylation is 2. The number of likely N-dealkylation sites (tertiary alicyclic amines) is 1. The molecule has 0 N–H and O–H groups in total. The van der Waals surface area contributed by atoms with E-state index in [-0.39, 0.29) is 18.1 Å². The second-order valence-corrected chi connectivity index (χ2v) is 6.88. The molecule has 3 rings (SSSR count). The molecule has 0 unspecified atom stereocenters. The van der Waals surface area contributed by atoms with E-state index in [4.69, 9.17) is 16.3 Å². The normalized spacial score (nSPS) is 23.1. The summed E-state index contributed by atoms with van der Waals surface area (Å²) in [6, 6.07) is 0.0284. The predicted molar refractivity (Wildman–Crippen MR) is 84.8 cm³/mol. The van der Waals surface area contributed by atoms with Crippen LogP contribution in [0.15, 0.2) is 0 Å². The third kappa shape index (κ3) is 3.01. The van der Waals surface area contributed by atoms with Crippen molar-refractivity contribution >= 4 is 17.5 Å². The van der Waals surface area contributed by atoms with Crippen molar-refractivity contribution in [2.24, 2.45) is 13.0 Å². The second kappa shape index (κ2) is 6.20. The van der Waals surface area contributed by atoms with E-state index in [1.165, 1.54) is 12.8 Å². The average molecular weight is 326 g/mol. The molecule has 2 aliphatic rings. The summed E-state index contributed by atoms with van der Waals surface area (Å²) in [6.07, 6.45) is 4.02. The van der Waals surface area contributed by atoms with E-state index in [0.29, 0.717) is 17.7 Å². The average Bonchev–Trinajstić information content (AvgIpc) is 3.14. The minimum Gasteiger partial charge on any atom is -0.368 e. The third-order valence-electron chi connectivity index (χ3n) is 4.69. The van der Waals surface area contributed by atoms with E-state index >= 15 is 0 Å². The van der Waals surface area contributed by atoms with Gasteiger partial charge >= 0.3 is 0 Å². The molecule has 1 saturated carbocycles. The Bertz CT molecular complexity index is 568. The summed E-state index contributed by atoms with van der Waals surface area (Å²) in [5.74, 6) is 0.738. The van der Waals surface area contributed by atoms with Crippen LogP contribution in [0.3, 0.4) is 0 Å². The highest BCUT2D eigenvalue weighted by atomic mass is 35.5. The van der Waals surface area contributed by atoms with Crippen LogP contribution in [-0.4, -0.2) is 39.8 Å². The molecule has 1 aromatic rings. The van der Waals surface area contributed by atoms with Gasteiger partial charge in [-0.2, -0.15) is 5.10 Å². The summed E-state index contributed by atoms with van der Waals surface area (Å²) in [6.45, 7) is 5.29. The second-order valence-electron chi connectivity index (χ2n) is 6.52. The Hall–Kier alpha value is -1.07. The van der Waals surface area contributed by atoms with Crippen LogP contribution in [0.1, 0.15) is 49.9 Å². The monoisotopic (exact) mass is 325 g/mol. The number of nitrogens with zero attached hydrogens (tertiary/aromatic N) is 3. The lowest BCUT2D eigenvalue weighted by Crippen LogP contribution is -2.39. The Balaban J connectivity index is 1.72. The van der Waals surface area contributed by atoms with Crippen LogP contribution in [0.4, 0.5) is 0 Å². The van der Waals surface area contributed by atoms with Crippen LogP contribution in [-0.2, 0) is 16.6 Å². The molecular weight excluding hydrogens is 302 g/mol. The first-order valence-electron chi connectivity index (χ1n) is 8.10. The number of halogens is 1. The molecule has 1 aromatic heterocycles. The molecule has 0 radical (unpaired) electrons. The largest absolute Gasteiger partial charge is 0.368 e. The molecule has 122 valence electrons. The van der Waals surface area contributed by atoms with Gasteiger partial charge in [-0.1, -0.05) is 11.6 Å². The van der Waals surface area contributed by atoms with E-state index in [0.717, 1.165) is 30.6 Å². The van der Waals surface area contributed by atoms with Crippen LogP contribution >= 0.6 is 11.6 Å². The van der Waals surface area contributed by atoms with E-state index in [1.807, 2.05) is 25.8 Å². The number of hydrogen-bond donors (Lipinski definition) is 0. The molecule has 5 nitrogen and oxygen atoms in total. The van der Waals surface area contributed by atoms with Crippen LogP contribution in [0.25, 0.3) is 0 Å². The standard InChI is InChI=1S/C16H24ClN3O2/c1-10-14(15(17)19(3)18-10)13-5-4-8-20(13)16(21)11(2)22-9-12-6-7-12/h11-13H,4-9H2,1-3H3/t11-,13-/m0/s1. The van der Waals surface area contributed by atoms with E-state index in [9.17, 15) is 4.79 Å². The number of amides is 1. The van der Waals surface area contributed by atoms with Crippen molar-refractivity contribution in [3.63, 3.8) is 0 Å². The van der Waals surface area contributed by atoms with E-state index in [1.54, 1.807) is 4.68 Å². The summed E-state index contributed by atoms with van der Waals surface area (Å²) in [5.41, 5.74) is 1.90. The maximum Gasteiger partial charge on any atom is 0.251 e. The summed E-state index contributed by atoms with van der Waals surface area (Å²) < 4.78 is 7.43. The number of aromatic nitrogens is 2. The molecular formula is C16H24ClN3O2. The van der Waals surface area contributed by atoms with Crippen molar-refractivity contribution in [2.45, 2.75) is 51.7 Å². The number of hydrogen-bond acceptors (Lipinski definition) is 3. The zero-order valence-corrected chi connectivity index (χ0v) is 14.3. The van der Waals surface area contributed by atoms with Crippen molar-refractivity contribution in [1.29, 1.82) is 0 Å². The summed E-state index contributed by atoms with van der Waals surface area (Å²) >= 11 is 6.39. The molecule has 2 atom stereocenters. The van der Waals surface area contributed by atoms with Crippen molar-refractivity contribution in [3.05, 3.63) is 16.4 Å². The van der Waals surface area contributed by atoms with E-state index in [2.05, 4.69) is 5.10 Å². The highest BCUT2D eigenvalue weighted by Crippen LogP contribution is 2.38. The molecule has 0 bridgehead atoms. The zero-order valence-electron chi connectivity index (χ0n) is 13.5. The molecule has 22 heavy (non-hydrogen) atoms. The first kappa shape index (κ1) is 15.8. The lowest BCUT2D eigenvalue weighted by molar-refractivity contribution is -0.143. The molecule has 0 aromatic carbocycles. The maximum atomic E-state index is 12.7. The topological polar surface area (TPSA) is 47.4 Å².